The minimum absolute atomic E-state index is 0.295. The Hall–Kier alpha value is -0.0800. The van der Waals surface area contributed by atoms with Crippen LogP contribution in [0.15, 0.2) is 0 Å². The molecule has 0 amide bonds. The summed E-state index contributed by atoms with van der Waals surface area (Å²) >= 11 is 0. The molecule has 0 spiro atoms. The molecule has 0 aromatic rings. The van der Waals surface area contributed by atoms with Gasteiger partial charge in [-0.2, -0.15) is 0 Å². The Labute approximate surface area is 94.5 Å². The molecule has 1 aliphatic carbocycles. The topological polar surface area (TPSA) is 32.3 Å². The molecule has 0 saturated heterocycles. The zero-order valence-corrected chi connectivity index (χ0v) is 10.3. The van der Waals surface area contributed by atoms with E-state index in [0.717, 1.165) is 12.3 Å². The Bertz CT molecular complexity index is 155. The van der Waals surface area contributed by atoms with E-state index in [0.29, 0.717) is 18.7 Å². The molecule has 1 aliphatic rings. The van der Waals surface area contributed by atoms with Gasteiger partial charge in [0.1, 0.15) is 0 Å². The van der Waals surface area contributed by atoms with E-state index >= 15 is 0 Å². The first kappa shape index (κ1) is 13.0. The first-order valence-corrected chi connectivity index (χ1v) is 6.59. The smallest absolute Gasteiger partial charge is 0.0445 e. The minimum atomic E-state index is 0.295. The Morgan fingerprint density at radius 1 is 1.13 bits per heavy atom. The standard InChI is InChI=1S/C13H27NO/c1-11(14-12(2)9-10-15)7-8-13-5-3-4-6-13/h11-15H,3-10H2,1-2H3. The van der Waals surface area contributed by atoms with Crippen molar-refractivity contribution in [3.63, 3.8) is 0 Å². The van der Waals surface area contributed by atoms with Gasteiger partial charge in [0.05, 0.1) is 0 Å². The molecule has 0 radical (unpaired) electrons. The largest absolute Gasteiger partial charge is 0.396 e. The van der Waals surface area contributed by atoms with Crippen LogP contribution in [-0.4, -0.2) is 23.8 Å². The average molecular weight is 213 g/mol. The fourth-order valence-corrected chi connectivity index (χ4v) is 2.63. The van der Waals surface area contributed by atoms with Crippen molar-refractivity contribution in [1.82, 2.24) is 5.32 Å². The second kappa shape index (κ2) is 7.24. The van der Waals surface area contributed by atoms with Gasteiger partial charge in [0, 0.05) is 18.7 Å². The van der Waals surface area contributed by atoms with Crippen molar-refractivity contribution in [3.8, 4) is 0 Å². The molecule has 15 heavy (non-hydrogen) atoms. The van der Waals surface area contributed by atoms with Crippen molar-refractivity contribution in [2.24, 2.45) is 5.92 Å². The van der Waals surface area contributed by atoms with E-state index in [-0.39, 0.29) is 0 Å². The van der Waals surface area contributed by atoms with Crippen LogP contribution in [0.4, 0.5) is 0 Å². The molecule has 1 fully saturated rings. The van der Waals surface area contributed by atoms with Gasteiger partial charge in [-0.1, -0.05) is 25.7 Å². The summed E-state index contributed by atoms with van der Waals surface area (Å²) in [7, 11) is 0. The average Bonchev–Trinajstić information content (AvgIpc) is 2.67. The van der Waals surface area contributed by atoms with Crippen LogP contribution in [0.1, 0.15) is 58.8 Å². The van der Waals surface area contributed by atoms with Gasteiger partial charge in [0.25, 0.3) is 0 Å². The van der Waals surface area contributed by atoms with Gasteiger partial charge in [-0.05, 0) is 39.0 Å². The van der Waals surface area contributed by atoms with Crippen molar-refractivity contribution < 1.29 is 5.11 Å². The van der Waals surface area contributed by atoms with Gasteiger partial charge >= 0.3 is 0 Å². The van der Waals surface area contributed by atoms with E-state index in [9.17, 15) is 0 Å². The molecule has 1 rings (SSSR count). The van der Waals surface area contributed by atoms with Gasteiger partial charge in [0.2, 0.25) is 0 Å². The van der Waals surface area contributed by atoms with Gasteiger partial charge in [-0.15, -0.1) is 0 Å². The molecule has 2 N–H and O–H groups in total. The lowest BCUT2D eigenvalue weighted by atomic mass is 9.99. The zero-order valence-electron chi connectivity index (χ0n) is 10.3. The Balaban J connectivity index is 2.04. The molecule has 0 aromatic carbocycles. The molecule has 0 heterocycles. The van der Waals surface area contributed by atoms with Gasteiger partial charge in [0.15, 0.2) is 0 Å². The lowest BCUT2D eigenvalue weighted by Gasteiger charge is -2.20. The lowest BCUT2D eigenvalue weighted by Crippen LogP contribution is -2.35. The Morgan fingerprint density at radius 2 is 1.73 bits per heavy atom. The van der Waals surface area contributed by atoms with Crippen LogP contribution in [0.3, 0.4) is 0 Å². The number of aliphatic hydroxyl groups is 1. The number of hydrogen-bond acceptors (Lipinski definition) is 2. The SMILES string of the molecule is CC(CCO)NC(C)CCC1CCCC1. The highest BCUT2D eigenvalue weighted by Gasteiger charge is 2.16. The molecule has 0 aliphatic heterocycles. The van der Waals surface area contributed by atoms with Crippen LogP contribution in [0.5, 0.6) is 0 Å². The van der Waals surface area contributed by atoms with Crippen molar-refractivity contribution in [3.05, 3.63) is 0 Å². The maximum atomic E-state index is 8.81. The minimum Gasteiger partial charge on any atom is -0.396 e. The highest BCUT2D eigenvalue weighted by atomic mass is 16.3. The normalized spacial score (nSPS) is 21.8. The van der Waals surface area contributed by atoms with E-state index in [4.69, 9.17) is 5.11 Å². The van der Waals surface area contributed by atoms with Crippen molar-refractivity contribution in [2.45, 2.75) is 70.9 Å². The summed E-state index contributed by atoms with van der Waals surface area (Å²) in [5, 5.41) is 12.4. The van der Waals surface area contributed by atoms with E-state index in [1.165, 1.54) is 38.5 Å². The highest BCUT2D eigenvalue weighted by molar-refractivity contribution is 4.72. The van der Waals surface area contributed by atoms with Crippen LogP contribution in [0, 0.1) is 5.92 Å². The van der Waals surface area contributed by atoms with Gasteiger partial charge in [-0.3, -0.25) is 0 Å². The fourth-order valence-electron chi connectivity index (χ4n) is 2.63. The predicted molar refractivity (Wildman–Crippen MR) is 65.0 cm³/mol. The highest BCUT2D eigenvalue weighted by Crippen LogP contribution is 2.28. The second-order valence-corrected chi connectivity index (χ2v) is 5.21. The number of rotatable bonds is 7. The maximum Gasteiger partial charge on any atom is 0.0445 e. The van der Waals surface area contributed by atoms with Crippen LogP contribution in [0.25, 0.3) is 0 Å². The molecule has 1 saturated carbocycles. The van der Waals surface area contributed by atoms with Crippen molar-refractivity contribution in [2.75, 3.05) is 6.61 Å². The van der Waals surface area contributed by atoms with Crippen LogP contribution in [-0.2, 0) is 0 Å². The van der Waals surface area contributed by atoms with Crippen molar-refractivity contribution in [1.29, 1.82) is 0 Å². The van der Waals surface area contributed by atoms with Crippen LogP contribution < -0.4 is 5.32 Å². The summed E-state index contributed by atoms with van der Waals surface area (Å²) in [6.07, 6.45) is 9.37. The Morgan fingerprint density at radius 3 is 2.33 bits per heavy atom. The number of nitrogens with one attached hydrogen (secondary N) is 1. The third-order valence-corrected chi connectivity index (χ3v) is 3.61. The summed E-state index contributed by atoms with van der Waals surface area (Å²) in [5.41, 5.74) is 0. The predicted octanol–water partition coefficient (Wildman–Crippen LogP) is 2.71. The first-order chi connectivity index (χ1) is 7.22. The number of hydrogen-bond donors (Lipinski definition) is 2. The lowest BCUT2D eigenvalue weighted by molar-refractivity contribution is 0.261. The summed E-state index contributed by atoms with van der Waals surface area (Å²) in [6, 6.07) is 1.06. The van der Waals surface area contributed by atoms with E-state index < -0.39 is 0 Å². The van der Waals surface area contributed by atoms with Crippen LogP contribution in [0.2, 0.25) is 0 Å². The molecule has 90 valence electrons. The zero-order chi connectivity index (χ0) is 11.1. The molecular formula is C13H27NO. The van der Waals surface area contributed by atoms with Gasteiger partial charge in [-0.25, -0.2) is 0 Å². The summed E-state index contributed by atoms with van der Waals surface area (Å²) < 4.78 is 0. The van der Waals surface area contributed by atoms with Crippen molar-refractivity contribution >= 4 is 0 Å². The maximum absolute atomic E-state index is 8.81. The van der Waals surface area contributed by atoms with Gasteiger partial charge < -0.3 is 10.4 Å². The molecule has 0 aromatic heterocycles. The van der Waals surface area contributed by atoms with E-state index in [1.807, 2.05) is 0 Å². The third-order valence-electron chi connectivity index (χ3n) is 3.61. The molecule has 2 atom stereocenters. The number of aliphatic hydroxyl groups excluding tert-OH is 1. The summed E-state index contributed by atoms with van der Waals surface area (Å²) in [6.45, 7) is 4.72. The molecular weight excluding hydrogens is 186 g/mol. The molecule has 2 nitrogen and oxygen atoms in total. The van der Waals surface area contributed by atoms with E-state index in [1.54, 1.807) is 0 Å². The Kier molecular flexibility index (Phi) is 6.26. The van der Waals surface area contributed by atoms with Crippen LogP contribution >= 0.6 is 0 Å². The summed E-state index contributed by atoms with van der Waals surface area (Å²) in [5.74, 6) is 1.00. The summed E-state index contributed by atoms with van der Waals surface area (Å²) in [4.78, 5) is 0. The monoisotopic (exact) mass is 213 g/mol. The quantitative estimate of drug-likeness (QED) is 0.681. The van der Waals surface area contributed by atoms with E-state index in [2.05, 4.69) is 19.2 Å². The molecule has 0 bridgehead atoms. The third kappa shape index (κ3) is 5.53. The fraction of sp³-hybridized carbons (Fsp3) is 1.00. The molecule has 2 unspecified atom stereocenters. The first-order valence-electron chi connectivity index (χ1n) is 6.59. The second-order valence-electron chi connectivity index (χ2n) is 5.21. The molecule has 2 heteroatoms.